The number of nitrogens with two attached hydrogens (primary N) is 1. The first kappa shape index (κ1) is 14.0. The topological polar surface area (TPSA) is 109 Å². The molecule has 1 fully saturated rings. The summed E-state index contributed by atoms with van der Waals surface area (Å²) in [6.07, 6.45) is 0.525. The molecule has 1 atom stereocenters. The summed E-state index contributed by atoms with van der Waals surface area (Å²) in [6.45, 7) is 0.600. The molecule has 21 heavy (non-hydrogen) atoms. The Bertz CT molecular complexity index is 751. The molecule has 1 aromatic heterocycles. The van der Waals surface area contributed by atoms with Crippen LogP contribution in [0, 0.1) is 0 Å². The Morgan fingerprint density at radius 2 is 2.14 bits per heavy atom. The van der Waals surface area contributed by atoms with Crippen LogP contribution in [0.3, 0.4) is 0 Å². The number of carbonyl (C=O) groups excluding carboxylic acids is 1. The highest BCUT2D eigenvalue weighted by Crippen LogP contribution is 2.17. The number of aromatic amines is 1. The highest BCUT2D eigenvalue weighted by molar-refractivity contribution is 7.89. The zero-order valence-electron chi connectivity index (χ0n) is 11.3. The van der Waals surface area contributed by atoms with Crippen molar-refractivity contribution in [3.05, 3.63) is 30.1 Å². The van der Waals surface area contributed by atoms with E-state index in [1.165, 1.54) is 4.90 Å². The minimum Gasteiger partial charge on any atom is -0.342 e. The molecule has 2 heterocycles. The summed E-state index contributed by atoms with van der Waals surface area (Å²) in [7, 11) is -3.66. The molecule has 1 aliphatic heterocycles. The van der Waals surface area contributed by atoms with Crippen LogP contribution >= 0.6 is 0 Å². The van der Waals surface area contributed by atoms with Gasteiger partial charge in [-0.05, 0) is 12.1 Å². The van der Waals surface area contributed by atoms with E-state index in [0.717, 1.165) is 16.9 Å². The third-order valence-corrected chi connectivity index (χ3v) is 4.95. The first-order valence-electron chi connectivity index (χ1n) is 6.66. The number of likely N-dealkylation sites (tertiary alicyclic amines) is 1. The molecule has 1 saturated heterocycles. The second-order valence-corrected chi connectivity index (χ2v) is 7.05. The van der Waals surface area contributed by atoms with E-state index in [9.17, 15) is 13.2 Å². The van der Waals surface area contributed by atoms with Gasteiger partial charge in [-0.15, -0.1) is 0 Å². The van der Waals surface area contributed by atoms with Crippen molar-refractivity contribution >= 4 is 27.0 Å². The molecule has 0 spiro atoms. The fourth-order valence-corrected chi connectivity index (χ4v) is 3.30. The molecule has 3 rings (SSSR count). The van der Waals surface area contributed by atoms with Gasteiger partial charge in [-0.2, -0.15) is 0 Å². The van der Waals surface area contributed by atoms with Crippen LogP contribution in [0.5, 0.6) is 0 Å². The number of hydrogen-bond acceptors (Lipinski definition) is 4. The Balaban J connectivity index is 1.66. The minimum atomic E-state index is -3.66. The van der Waals surface area contributed by atoms with E-state index in [4.69, 9.17) is 5.14 Å². The van der Waals surface area contributed by atoms with Crippen molar-refractivity contribution in [2.45, 2.75) is 18.1 Å². The van der Waals surface area contributed by atoms with Crippen LogP contribution in [0.1, 0.15) is 12.2 Å². The molecular formula is C13H16N4O3S. The molecule has 0 aliphatic carbocycles. The van der Waals surface area contributed by atoms with E-state index in [0.29, 0.717) is 13.0 Å². The standard InChI is InChI=1S/C13H16N4O3S/c14-21(19,20)9-7-13(18)17(8-9)6-5-12-15-10-3-1-2-4-11(10)16-12/h1-4,9H,5-8H2,(H,15,16)(H2,14,19,20). The summed E-state index contributed by atoms with van der Waals surface area (Å²) in [4.78, 5) is 20.9. The maximum atomic E-state index is 11.8. The van der Waals surface area contributed by atoms with Gasteiger partial charge in [0.05, 0.1) is 11.0 Å². The largest absolute Gasteiger partial charge is 0.342 e. The van der Waals surface area contributed by atoms with Crippen LogP contribution < -0.4 is 5.14 Å². The minimum absolute atomic E-state index is 0.0288. The maximum Gasteiger partial charge on any atom is 0.224 e. The number of nitrogens with one attached hydrogen (secondary N) is 1. The van der Waals surface area contributed by atoms with Gasteiger partial charge in [0.25, 0.3) is 0 Å². The van der Waals surface area contributed by atoms with E-state index in [2.05, 4.69) is 9.97 Å². The number of fused-ring (bicyclic) bond motifs is 1. The third kappa shape index (κ3) is 2.91. The lowest BCUT2D eigenvalue weighted by molar-refractivity contribution is -0.127. The summed E-state index contributed by atoms with van der Waals surface area (Å²) in [5, 5.41) is 4.31. The molecule has 0 radical (unpaired) electrons. The smallest absolute Gasteiger partial charge is 0.224 e. The van der Waals surface area contributed by atoms with Gasteiger partial charge in [0.2, 0.25) is 15.9 Å². The molecule has 2 aromatic rings. The molecular weight excluding hydrogens is 292 g/mol. The predicted molar refractivity (Wildman–Crippen MR) is 77.9 cm³/mol. The van der Waals surface area contributed by atoms with E-state index in [1.807, 2.05) is 24.3 Å². The fourth-order valence-electron chi connectivity index (χ4n) is 2.54. The molecule has 1 aromatic carbocycles. The lowest BCUT2D eigenvalue weighted by Crippen LogP contribution is -2.33. The van der Waals surface area contributed by atoms with Crippen molar-refractivity contribution in [3.63, 3.8) is 0 Å². The number of rotatable bonds is 4. The molecule has 0 bridgehead atoms. The third-order valence-electron chi connectivity index (χ3n) is 3.70. The summed E-state index contributed by atoms with van der Waals surface area (Å²) < 4.78 is 22.6. The van der Waals surface area contributed by atoms with Crippen molar-refractivity contribution in [3.8, 4) is 0 Å². The number of hydrogen-bond donors (Lipinski definition) is 2. The monoisotopic (exact) mass is 308 g/mol. The Kier molecular flexibility index (Phi) is 3.42. The first-order valence-corrected chi connectivity index (χ1v) is 8.27. The van der Waals surface area contributed by atoms with Gasteiger partial charge in [0.15, 0.2) is 0 Å². The number of imidazole rings is 1. The summed E-state index contributed by atoms with van der Waals surface area (Å²) in [5.41, 5.74) is 1.82. The van der Waals surface area contributed by atoms with Gasteiger partial charge in [-0.1, -0.05) is 12.1 Å². The predicted octanol–water partition coefficient (Wildman–Crippen LogP) is -0.00520. The summed E-state index contributed by atoms with van der Waals surface area (Å²) >= 11 is 0. The fraction of sp³-hybridized carbons (Fsp3) is 0.385. The van der Waals surface area contributed by atoms with Crippen LogP contribution in [-0.4, -0.2) is 47.5 Å². The number of benzene rings is 1. The lowest BCUT2D eigenvalue weighted by Gasteiger charge is -2.15. The zero-order valence-corrected chi connectivity index (χ0v) is 12.1. The van der Waals surface area contributed by atoms with Crippen LogP contribution in [-0.2, 0) is 21.2 Å². The van der Waals surface area contributed by atoms with E-state index >= 15 is 0 Å². The van der Waals surface area contributed by atoms with Crippen molar-refractivity contribution in [1.82, 2.24) is 14.9 Å². The summed E-state index contributed by atoms with van der Waals surface area (Å²) in [6, 6.07) is 7.68. The van der Waals surface area contributed by atoms with Crippen LogP contribution in [0.4, 0.5) is 0 Å². The molecule has 7 nitrogen and oxygen atoms in total. The Morgan fingerprint density at radius 1 is 1.38 bits per heavy atom. The van der Waals surface area contributed by atoms with Gasteiger partial charge < -0.3 is 9.88 Å². The van der Waals surface area contributed by atoms with Crippen LogP contribution in [0.2, 0.25) is 0 Å². The van der Waals surface area contributed by atoms with Gasteiger partial charge in [0, 0.05) is 25.9 Å². The number of carbonyl (C=O) groups is 1. The highest BCUT2D eigenvalue weighted by Gasteiger charge is 2.36. The number of para-hydroxylation sites is 2. The van der Waals surface area contributed by atoms with Crippen LogP contribution in [0.25, 0.3) is 11.0 Å². The Labute approximate surface area is 122 Å². The molecule has 1 amide bonds. The highest BCUT2D eigenvalue weighted by atomic mass is 32.2. The number of sulfonamides is 1. The van der Waals surface area contributed by atoms with Gasteiger partial charge in [-0.25, -0.2) is 18.5 Å². The molecule has 8 heteroatoms. The quantitative estimate of drug-likeness (QED) is 0.828. The number of amides is 1. The Morgan fingerprint density at radius 3 is 2.81 bits per heavy atom. The van der Waals surface area contributed by atoms with E-state index in [-0.39, 0.29) is 18.9 Å². The second-order valence-electron chi connectivity index (χ2n) is 5.21. The summed E-state index contributed by atoms with van der Waals surface area (Å²) in [5.74, 6) is 0.605. The Hall–Kier alpha value is -1.93. The molecule has 3 N–H and O–H groups in total. The van der Waals surface area contributed by atoms with Crippen LogP contribution in [0.15, 0.2) is 24.3 Å². The van der Waals surface area contributed by atoms with Gasteiger partial charge in [-0.3, -0.25) is 4.79 Å². The van der Waals surface area contributed by atoms with Gasteiger partial charge >= 0.3 is 0 Å². The second kappa shape index (κ2) is 5.12. The number of aromatic nitrogens is 2. The van der Waals surface area contributed by atoms with Crippen molar-refractivity contribution in [2.75, 3.05) is 13.1 Å². The number of primary sulfonamides is 1. The average molecular weight is 308 g/mol. The van der Waals surface area contributed by atoms with Gasteiger partial charge in [0.1, 0.15) is 11.1 Å². The zero-order chi connectivity index (χ0) is 15.0. The SMILES string of the molecule is NS(=O)(=O)C1CC(=O)N(CCc2nc3ccccc3[nH]2)C1. The molecule has 112 valence electrons. The first-order chi connectivity index (χ1) is 9.93. The molecule has 0 saturated carbocycles. The molecule has 1 aliphatic rings. The van der Waals surface area contributed by atoms with E-state index in [1.54, 1.807) is 0 Å². The van der Waals surface area contributed by atoms with Crippen molar-refractivity contribution in [1.29, 1.82) is 0 Å². The maximum absolute atomic E-state index is 11.8. The number of nitrogens with zero attached hydrogens (tertiary/aromatic N) is 2. The lowest BCUT2D eigenvalue weighted by atomic mass is 10.3. The number of H-pyrrole nitrogens is 1. The normalized spacial score (nSPS) is 19.6. The molecule has 1 unspecified atom stereocenters. The van der Waals surface area contributed by atoms with E-state index < -0.39 is 15.3 Å². The van der Waals surface area contributed by atoms with Crippen molar-refractivity contribution in [2.24, 2.45) is 5.14 Å². The van der Waals surface area contributed by atoms with Crippen molar-refractivity contribution < 1.29 is 13.2 Å². The average Bonchev–Trinajstić information content (AvgIpc) is 2.98.